The second kappa shape index (κ2) is 4.03. The van der Waals surface area contributed by atoms with Crippen LogP contribution in [-0.2, 0) is 6.42 Å². The number of pyridine rings is 1. The molecule has 0 aromatic carbocycles. The van der Waals surface area contributed by atoms with E-state index >= 15 is 0 Å². The molecule has 80 valence electrons. The van der Waals surface area contributed by atoms with Gasteiger partial charge in [0.05, 0.1) is 11.2 Å². The van der Waals surface area contributed by atoms with E-state index in [0.717, 1.165) is 24.5 Å². The van der Waals surface area contributed by atoms with Crippen LogP contribution in [0.3, 0.4) is 0 Å². The Bertz CT molecular complexity index is 471. The van der Waals surface area contributed by atoms with Crippen LogP contribution in [0.25, 0.3) is 5.52 Å². The summed E-state index contributed by atoms with van der Waals surface area (Å²) in [6.07, 6.45) is 3.17. The maximum atomic E-state index is 4.46. The molecule has 0 aliphatic carbocycles. The molecule has 2 rings (SSSR count). The standard InChI is InChI=1S/C12H17N3/c1-9-12-8-11(4-6-13-3)5-7-15(12)10(2)14-9/h5,7-8,13H,4,6H2,1-3H3. The highest BCUT2D eigenvalue weighted by atomic mass is 15.0. The molecule has 2 aromatic rings. The third kappa shape index (κ3) is 1.88. The van der Waals surface area contributed by atoms with Crippen LogP contribution in [0.15, 0.2) is 18.3 Å². The highest BCUT2D eigenvalue weighted by molar-refractivity contribution is 5.54. The Hall–Kier alpha value is -1.35. The number of likely N-dealkylation sites (N-methyl/N-ethyl adjacent to an activating group) is 1. The van der Waals surface area contributed by atoms with Crippen molar-refractivity contribution in [1.82, 2.24) is 14.7 Å². The molecule has 2 heterocycles. The summed E-state index contributed by atoms with van der Waals surface area (Å²) in [7, 11) is 1.98. The summed E-state index contributed by atoms with van der Waals surface area (Å²) >= 11 is 0. The highest BCUT2D eigenvalue weighted by Gasteiger charge is 2.04. The van der Waals surface area contributed by atoms with Gasteiger partial charge in [-0.15, -0.1) is 0 Å². The Morgan fingerprint density at radius 3 is 2.93 bits per heavy atom. The molecule has 0 unspecified atom stereocenters. The number of imidazole rings is 1. The van der Waals surface area contributed by atoms with Crippen LogP contribution < -0.4 is 5.32 Å². The third-order valence-electron chi connectivity index (χ3n) is 2.73. The Balaban J connectivity index is 2.41. The highest BCUT2D eigenvalue weighted by Crippen LogP contribution is 2.14. The fraction of sp³-hybridized carbons (Fsp3) is 0.417. The van der Waals surface area contributed by atoms with Crippen molar-refractivity contribution in [3.63, 3.8) is 0 Å². The lowest BCUT2D eigenvalue weighted by Gasteiger charge is -2.02. The van der Waals surface area contributed by atoms with Gasteiger partial charge >= 0.3 is 0 Å². The van der Waals surface area contributed by atoms with Gasteiger partial charge in [0.2, 0.25) is 0 Å². The number of hydrogen-bond acceptors (Lipinski definition) is 2. The third-order valence-corrected chi connectivity index (χ3v) is 2.73. The van der Waals surface area contributed by atoms with Gasteiger partial charge in [-0.2, -0.15) is 0 Å². The average molecular weight is 203 g/mol. The molecule has 0 amide bonds. The normalized spacial score (nSPS) is 11.1. The molecule has 0 radical (unpaired) electrons. The van der Waals surface area contributed by atoms with Gasteiger partial charge in [0.1, 0.15) is 5.82 Å². The van der Waals surface area contributed by atoms with Gasteiger partial charge < -0.3 is 9.72 Å². The van der Waals surface area contributed by atoms with E-state index in [0.29, 0.717) is 0 Å². The molecular formula is C12H17N3. The zero-order chi connectivity index (χ0) is 10.8. The van der Waals surface area contributed by atoms with Crippen LogP contribution in [0.1, 0.15) is 17.1 Å². The average Bonchev–Trinajstić information content (AvgIpc) is 2.52. The summed E-state index contributed by atoms with van der Waals surface area (Å²) < 4.78 is 2.14. The van der Waals surface area contributed by atoms with Crippen LogP contribution in [0.5, 0.6) is 0 Å². The number of aryl methyl sites for hydroxylation is 2. The second-order valence-corrected chi connectivity index (χ2v) is 3.89. The molecule has 0 aliphatic rings. The maximum Gasteiger partial charge on any atom is 0.110 e. The van der Waals surface area contributed by atoms with Gasteiger partial charge in [0.15, 0.2) is 0 Å². The van der Waals surface area contributed by atoms with Gasteiger partial charge in [-0.1, -0.05) is 0 Å². The monoisotopic (exact) mass is 203 g/mol. The summed E-state index contributed by atoms with van der Waals surface area (Å²) in [4.78, 5) is 4.46. The van der Waals surface area contributed by atoms with Gasteiger partial charge in [0, 0.05) is 6.20 Å². The molecule has 0 saturated carbocycles. The van der Waals surface area contributed by atoms with Crippen molar-refractivity contribution in [3.8, 4) is 0 Å². The number of aromatic nitrogens is 2. The Morgan fingerprint density at radius 1 is 1.40 bits per heavy atom. The topological polar surface area (TPSA) is 29.3 Å². The van der Waals surface area contributed by atoms with E-state index in [1.54, 1.807) is 0 Å². The molecule has 3 heteroatoms. The van der Waals surface area contributed by atoms with E-state index in [1.807, 2.05) is 14.0 Å². The molecule has 0 spiro atoms. The van der Waals surface area contributed by atoms with Crippen LogP contribution in [-0.4, -0.2) is 23.0 Å². The van der Waals surface area contributed by atoms with Crippen molar-refractivity contribution in [1.29, 1.82) is 0 Å². The van der Waals surface area contributed by atoms with Gasteiger partial charge in [0.25, 0.3) is 0 Å². The quantitative estimate of drug-likeness (QED) is 0.823. The predicted octanol–water partition coefficient (Wildman–Crippen LogP) is 1.71. The maximum absolute atomic E-state index is 4.46. The number of nitrogens with one attached hydrogen (secondary N) is 1. The lowest BCUT2D eigenvalue weighted by molar-refractivity contribution is 0.791. The molecular weight excluding hydrogens is 186 g/mol. The minimum absolute atomic E-state index is 1.02. The van der Waals surface area contributed by atoms with Crippen molar-refractivity contribution in [2.45, 2.75) is 20.3 Å². The smallest absolute Gasteiger partial charge is 0.110 e. The van der Waals surface area contributed by atoms with Crippen LogP contribution >= 0.6 is 0 Å². The zero-order valence-corrected chi connectivity index (χ0v) is 9.54. The lowest BCUT2D eigenvalue weighted by Crippen LogP contribution is -2.10. The number of rotatable bonds is 3. The summed E-state index contributed by atoms with van der Waals surface area (Å²) in [5, 5.41) is 3.16. The molecule has 0 bridgehead atoms. The minimum Gasteiger partial charge on any atom is -0.319 e. The first-order valence-corrected chi connectivity index (χ1v) is 5.31. The first kappa shape index (κ1) is 10.2. The first-order chi connectivity index (χ1) is 7.22. The van der Waals surface area contributed by atoms with E-state index in [1.165, 1.54) is 11.1 Å². The van der Waals surface area contributed by atoms with E-state index < -0.39 is 0 Å². The molecule has 0 atom stereocenters. The molecule has 2 aromatic heterocycles. The summed E-state index contributed by atoms with van der Waals surface area (Å²) in [6.45, 7) is 5.11. The van der Waals surface area contributed by atoms with Gasteiger partial charge in [-0.3, -0.25) is 0 Å². The number of nitrogens with zero attached hydrogens (tertiary/aromatic N) is 2. The Labute approximate surface area is 90.1 Å². The minimum atomic E-state index is 1.02. The summed E-state index contributed by atoms with van der Waals surface area (Å²) in [6, 6.07) is 4.39. The molecule has 1 N–H and O–H groups in total. The van der Waals surface area contributed by atoms with Crippen molar-refractivity contribution >= 4 is 5.52 Å². The van der Waals surface area contributed by atoms with Gasteiger partial charge in [-0.05, 0) is 51.6 Å². The van der Waals surface area contributed by atoms with Crippen LogP contribution in [0.2, 0.25) is 0 Å². The fourth-order valence-electron chi connectivity index (χ4n) is 1.88. The van der Waals surface area contributed by atoms with Crippen molar-refractivity contribution in [3.05, 3.63) is 35.4 Å². The molecule has 0 saturated heterocycles. The van der Waals surface area contributed by atoms with E-state index in [9.17, 15) is 0 Å². The fourth-order valence-corrected chi connectivity index (χ4v) is 1.88. The molecule has 0 aliphatic heterocycles. The predicted molar refractivity (Wildman–Crippen MR) is 62.3 cm³/mol. The van der Waals surface area contributed by atoms with Crippen LogP contribution in [0.4, 0.5) is 0 Å². The number of hydrogen-bond donors (Lipinski definition) is 1. The largest absolute Gasteiger partial charge is 0.319 e. The van der Waals surface area contributed by atoms with Crippen molar-refractivity contribution in [2.75, 3.05) is 13.6 Å². The summed E-state index contributed by atoms with van der Waals surface area (Å²) in [5.74, 6) is 1.06. The lowest BCUT2D eigenvalue weighted by atomic mass is 10.1. The summed E-state index contributed by atoms with van der Waals surface area (Å²) in [5.41, 5.74) is 3.69. The number of fused-ring (bicyclic) bond motifs is 1. The zero-order valence-electron chi connectivity index (χ0n) is 9.54. The Kier molecular flexibility index (Phi) is 2.73. The SMILES string of the molecule is CNCCc1ccn2c(C)nc(C)c2c1. The molecule has 15 heavy (non-hydrogen) atoms. The first-order valence-electron chi connectivity index (χ1n) is 5.31. The van der Waals surface area contributed by atoms with Gasteiger partial charge in [-0.25, -0.2) is 4.98 Å². The van der Waals surface area contributed by atoms with E-state index in [4.69, 9.17) is 0 Å². The van der Waals surface area contributed by atoms with Crippen molar-refractivity contribution in [2.24, 2.45) is 0 Å². The van der Waals surface area contributed by atoms with E-state index in [2.05, 4.69) is 40.0 Å². The Morgan fingerprint density at radius 2 is 2.20 bits per heavy atom. The molecule has 3 nitrogen and oxygen atoms in total. The van der Waals surface area contributed by atoms with E-state index in [-0.39, 0.29) is 0 Å². The van der Waals surface area contributed by atoms with Crippen LogP contribution in [0, 0.1) is 13.8 Å². The van der Waals surface area contributed by atoms with Crippen molar-refractivity contribution < 1.29 is 0 Å². The molecule has 0 fully saturated rings. The second-order valence-electron chi connectivity index (χ2n) is 3.89.